The number of nitrogens with zero attached hydrogens (tertiary/aromatic N) is 2. The zero-order valence-corrected chi connectivity index (χ0v) is 14.9. The van der Waals surface area contributed by atoms with Gasteiger partial charge in [-0.15, -0.1) is 0 Å². The summed E-state index contributed by atoms with van der Waals surface area (Å²) in [5.41, 5.74) is 2.80. The number of amides is 1. The highest BCUT2D eigenvalue weighted by molar-refractivity contribution is 5.79. The van der Waals surface area contributed by atoms with Gasteiger partial charge in [0.1, 0.15) is 18.1 Å². The van der Waals surface area contributed by atoms with Crippen molar-refractivity contribution in [1.82, 2.24) is 10.1 Å². The second-order valence-corrected chi connectivity index (χ2v) is 6.42. The Hall–Kier alpha value is -2.34. The minimum atomic E-state index is 0.138. The van der Waals surface area contributed by atoms with Crippen molar-refractivity contribution in [2.75, 3.05) is 19.8 Å². The van der Waals surface area contributed by atoms with Gasteiger partial charge in [-0.05, 0) is 38.5 Å². The Morgan fingerprint density at radius 2 is 2.08 bits per heavy atom. The summed E-state index contributed by atoms with van der Waals surface area (Å²) >= 11 is 0. The molecule has 0 radical (unpaired) electrons. The van der Waals surface area contributed by atoms with Crippen molar-refractivity contribution in [3.63, 3.8) is 0 Å². The smallest absolute Gasteiger partial charge is 0.227 e. The lowest BCUT2D eigenvalue weighted by atomic mass is 10.1. The topological polar surface area (TPSA) is 64.8 Å². The van der Waals surface area contributed by atoms with Gasteiger partial charge in [-0.2, -0.15) is 0 Å². The normalized spacial score (nSPS) is 17.6. The van der Waals surface area contributed by atoms with Crippen LogP contribution in [0.4, 0.5) is 0 Å². The highest BCUT2D eigenvalue weighted by Crippen LogP contribution is 2.18. The van der Waals surface area contributed by atoms with Crippen LogP contribution in [0.1, 0.15) is 29.5 Å². The van der Waals surface area contributed by atoms with Crippen molar-refractivity contribution in [3.8, 4) is 5.75 Å². The molecule has 6 heteroatoms. The van der Waals surface area contributed by atoms with E-state index in [9.17, 15) is 4.79 Å². The molecule has 3 rings (SSSR count). The van der Waals surface area contributed by atoms with Gasteiger partial charge in [-0.1, -0.05) is 17.3 Å². The molecular formula is C19H24N2O4. The summed E-state index contributed by atoms with van der Waals surface area (Å²) in [6, 6.07) is 7.80. The molecule has 1 aromatic carbocycles. The first-order valence-corrected chi connectivity index (χ1v) is 8.55. The summed E-state index contributed by atoms with van der Waals surface area (Å²) < 4.78 is 16.3. The SMILES string of the molecule is Cc1noc(C)c1COc1ccc(CC(=O)N2CCOC[C@H]2C)cc1. The van der Waals surface area contributed by atoms with Gasteiger partial charge in [0.25, 0.3) is 0 Å². The van der Waals surface area contributed by atoms with Crippen LogP contribution in [0.5, 0.6) is 5.75 Å². The molecule has 25 heavy (non-hydrogen) atoms. The third-order valence-corrected chi connectivity index (χ3v) is 4.53. The van der Waals surface area contributed by atoms with Gasteiger partial charge >= 0.3 is 0 Å². The molecule has 0 bridgehead atoms. The molecule has 0 N–H and O–H groups in total. The molecule has 2 aromatic rings. The average molecular weight is 344 g/mol. The molecule has 2 heterocycles. The maximum absolute atomic E-state index is 12.4. The van der Waals surface area contributed by atoms with Gasteiger partial charge in [-0.25, -0.2) is 0 Å². The van der Waals surface area contributed by atoms with E-state index >= 15 is 0 Å². The van der Waals surface area contributed by atoms with Crippen molar-refractivity contribution in [3.05, 3.63) is 46.8 Å². The van der Waals surface area contributed by atoms with Crippen LogP contribution in [-0.4, -0.2) is 41.8 Å². The number of rotatable bonds is 5. The first kappa shape index (κ1) is 17.5. The van der Waals surface area contributed by atoms with Crippen LogP contribution in [0, 0.1) is 13.8 Å². The predicted octanol–water partition coefficient (Wildman–Crippen LogP) is 2.66. The molecule has 0 saturated carbocycles. The molecular weight excluding hydrogens is 320 g/mol. The van der Waals surface area contributed by atoms with Crippen LogP contribution in [0.25, 0.3) is 0 Å². The van der Waals surface area contributed by atoms with Gasteiger partial charge in [0, 0.05) is 6.54 Å². The summed E-state index contributed by atoms with van der Waals surface area (Å²) in [4.78, 5) is 14.3. The maximum Gasteiger partial charge on any atom is 0.227 e. The molecule has 1 amide bonds. The lowest BCUT2D eigenvalue weighted by Crippen LogP contribution is -2.47. The number of hydrogen-bond donors (Lipinski definition) is 0. The molecule has 1 aliphatic rings. The minimum Gasteiger partial charge on any atom is -0.489 e. The van der Waals surface area contributed by atoms with Crippen LogP contribution in [0.2, 0.25) is 0 Å². The van der Waals surface area contributed by atoms with E-state index in [0.717, 1.165) is 28.3 Å². The largest absolute Gasteiger partial charge is 0.489 e. The summed E-state index contributed by atoms with van der Waals surface area (Å²) in [6.07, 6.45) is 0.397. The quantitative estimate of drug-likeness (QED) is 0.834. The Morgan fingerprint density at radius 1 is 1.32 bits per heavy atom. The molecule has 0 unspecified atom stereocenters. The van der Waals surface area contributed by atoms with E-state index < -0.39 is 0 Å². The molecule has 0 spiro atoms. The second kappa shape index (κ2) is 7.70. The highest BCUT2D eigenvalue weighted by Gasteiger charge is 2.23. The molecule has 6 nitrogen and oxygen atoms in total. The maximum atomic E-state index is 12.4. The van der Waals surface area contributed by atoms with Gasteiger partial charge in [0.2, 0.25) is 5.91 Å². The minimum absolute atomic E-state index is 0.138. The van der Waals surface area contributed by atoms with E-state index in [4.69, 9.17) is 14.0 Å². The van der Waals surface area contributed by atoms with Gasteiger partial charge in [-0.3, -0.25) is 4.79 Å². The van der Waals surface area contributed by atoms with Crippen molar-refractivity contribution in [2.24, 2.45) is 0 Å². The number of aryl methyl sites for hydroxylation is 2. The van der Waals surface area contributed by atoms with Crippen molar-refractivity contribution >= 4 is 5.91 Å². The first-order chi connectivity index (χ1) is 12.0. The standard InChI is InChI=1S/C19H24N2O4/c1-13-11-23-9-8-21(13)19(22)10-16-4-6-17(7-5-16)24-12-18-14(2)20-25-15(18)3/h4-7,13H,8-12H2,1-3H3/t13-/m1/s1. The Balaban J connectivity index is 1.56. The van der Waals surface area contributed by atoms with Crippen LogP contribution in [0.3, 0.4) is 0 Å². The molecule has 1 fully saturated rings. The number of morpholine rings is 1. The number of hydrogen-bond acceptors (Lipinski definition) is 5. The summed E-state index contributed by atoms with van der Waals surface area (Å²) in [5.74, 6) is 1.68. The number of aromatic nitrogens is 1. The van der Waals surface area contributed by atoms with E-state index in [0.29, 0.717) is 32.8 Å². The number of benzene rings is 1. The summed E-state index contributed by atoms with van der Waals surface area (Å²) in [7, 11) is 0. The van der Waals surface area contributed by atoms with Crippen molar-refractivity contribution < 1.29 is 18.8 Å². The Morgan fingerprint density at radius 3 is 2.72 bits per heavy atom. The third kappa shape index (κ3) is 4.20. The van der Waals surface area contributed by atoms with Crippen molar-refractivity contribution in [1.29, 1.82) is 0 Å². The second-order valence-electron chi connectivity index (χ2n) is 6.42. The van der Waals surface area contributed by atoms with Gasteiger partial charge < -0.3 is 18.9 Å². The first-order valence-electron chi connectivity index (χ1n) is 8.55. The number of ether oxygens (including phenoxy) is 2. The van der Waals surface area contributed by atoms with Crippen LogP contribution >= 0.6 is 0 Å². The molecule has 1 aromatic heterocycles. The zero-order valence-electron chi connectivity index (χ0n) is 14.9. The van der Waals surface area contributed by atoms with E-state index in [2.05, 4.69) is 5.16 Å². The van der Waals surface area contributed by atoms with Crippen LogP contribution in [-0.2, 0) is 22.6 Å². The average Bonchev–Trinajstić information content (AvgIpc) is 2.93. The molecule has 1 saturated heterocycles. The van der Waals surface area contributed by atoms with Crippen molar-refractivity contribution in [2.45, 2.75) is 39.8 Å². The monoisotopic (exact) mass is 344 g/mol. The van der Waals surface area contributed by atoms with E-state index in [1.54, 1.807) is 0 Å². The fourth-order valence-corrected chi connectivity index (χ4v) is 2.94. The van der Waals surface area contributed by atoms with E-state index in [1.165, 1.54) is 0 Å². The lowest BCUT2D eigenvalue weighted by molar-refractivity contribution is -0.138. The van der Waals surface area contributed by atoms with Gasteiger partial charge in [0.05, 0.1) is 36.9 Å². The molecule has 1 aliphatic heterocycles. The molecule has 0 aliphatic carbocycles. The van der Waals surface area contributed by atoms with E-state index in [-0.39, 0.29) is 11.9 Å². The number of carbonyl (C=O) groups is 1. The Labute approximate surface area is 147 Å². The Bertz CT molecular complexity index is 704. The Kier molecular flexibility index (Phi) is 5.38. The van der Waals surface area contributed by atoms with Gasteiger partial charge in [0.15, 0.2) is 0 Å². The zero-order chi connectivity index (χ0) is 17.8. The van der Waals surface area contributed by atoms with Crippen LogP contribution in [0.15, 0.2) is 28.8 Å². The van der Waals surface area contributed by atoms with E-state index in [1.807, 2.05) is 49.9 Å². The summed E-state index contributed by atoms with van der Waals surface area (Å²) in [6.45, 7) is 8.10. The molecule has 1 atom stereocenters. The lowest BCUT2D eigenvalue weighted by Gasteiger charge is -2.33. The fraction of sp³-hybridized carbons (Fsp3) is 0.474. The third-order valence-electron chi connectivity index (χ3n) is 4.53. The predicted molar refractivity (Wildman–Crippen MR) is 92.4 cm³/mol. The fourth-order valence-electron chi connectivity index (χ4n) is 2.94. The highest BCUT2D eigenvalue weighted by atomic mass is 16.5. The summed E-state index contributed by atoms with van der Waals surface area (Å²) in [5, 5.41) is 3.92. The number of carbonyl (C=O) groups excluding carboxylic acids is 1. The molecule has 134 valence electrons. The van der Waals surface area contributed by atoms with Crippen LogP contribution < -0.4 is 4.74 Å².